The molecule has 1 aromatic carbocycles. The molecule has 0 spiro atoms. The first-order valence-corrected chi connectivity index (χ1v) is 9.78. The van der Waals surface area contributed by atoms with Crippen molar-refractivity contribution in [1.82, 2.24) is 5.32 Å². The van der Waals surface area contributed by atoms with Crippen molar-refractivity contribution in [3.8, 4) is 0 Å². The average Bonchev–Trinajstić information content (AvgIpc) is 2.91. The van der Waals surface area contributed by atoms with Gasteiger partial charge in [0, 0.05) is 4.88 Å². The maximum absolute atomic E-state index is 12.3. The van der Waals surface area contributed by atoms with Gasteiger partial charge in [0.2, 0.25) is 0 Å². The fraction of sp³-hybridized carbons (Fsp3) is 0.278. The van der Waals surface area contributed by atoms with Crippen LogP contribution < -0.4 is 16.4 Å². The smallest absolute Gasteiger partial charge is 0.258 e. The maximum atomic E-state index is 12.3. The van der Waals surface area contributed by atoms with Crippen LogP contribution in [0.4, 0.5) is 5.00 Å². The Kier molecular flexibility index (Phi) is 5.60. The van der Waals surface area contributed by atoms with E-state index in [1.165, 1.54) is 11.3 Å². The largest absolute Gasteiger partial charge is 0.365 e. The van der Waals surface area contributed by atoms with Crippen LogP contribution >= 0.6 is 35.2 Å². The first-order chi connectivity index (χ1) is 12.4. The second-order valence-corrected chi connectivity index (χ2v) is 8.23. The molecule has 0 radical (unpaired) electrons. The molecule has 3 rings (SSSR count). The zero-order valence-electron chi connectivity index (χ0n) is 14.1. The third kappa shape index (κ3) is 3.90. The number of halogens is 1. The van der Waals surface area contributed by atoms with Crippen LogP contribution in [-0.4, -0.2) is 16.9 Å². The number of hydrogen-bond donors (Lipinski definition) is 3. The first-order valence-electron chi connectivity index (χ1n) is 8.18. The second kappa shape index (κ2) is 7.73. The van der Waals surface area contributed by atoms with Gasteiger partial charge in [-0.05, 0) is 55.1 Å². The molecule has 1 aromatic heterocycles. The number of carbonyl (C=O) groups excluding carboxylic acids is 2. The van der Waals surface area contributed by atoms with E-state index >= 15 is 0 Å². The van der Waals surface area contributed by atoms with E-state index in [0.717, 1.165) is 29.7 Å². The molecule has 0 fully saturated rings. The summed E-state index contributed by atoms with van der Waals surface area (Å²) in [6.07, 6.45) is 2.77. The molecule has 1 aliphatic carbocycles. The fourth-order valence-corrected chi connectivity index (χ4v) is 4.95. The second-order valence-electron chi connectivity index (χ2n) is 6.31. The average molecular weight is 408 g/mol. The molecule has 0 bridgehead atoms. The van der Waals surface area contributed by atoms with Gasteiger partial charge >= 0.3 is 0 Å². The molecular weight excluding hydrogens is 390 g/mol. The van der Waals surface area contributed by atoms with E-state index in [1.54, 1.807) is 24.3 Å². The lowest BCUT2D eigenvalue weighted by Crippen LogP contribution is -2.34. The van der Waals surface area contributed by atoms with Gasteiger partial charge in [-0.3, -0.25) is 14.9 Å². The summed E-state index contributed by atoms with van der Waals surface area (Å²) in [4.78, 5) is 25.4. The summed E-state index contributed by atoms with van der Waals surface area (Å²) in [6.45, 7) is 2.19. The zero-order valence-corrected chi connectivity index (χ0v) is 16.5. The number of anilines is 1. The van der Waals surface area contributed by atoms with Crippen LogP contribution in [0.5, 0.6) is 0 Å². The van der Waals surface area contributed by atoms with E-state index in [4.69, 9.17) is 29.6 Å². The lowest BCUT2D eigenvalue weighted by Gasteiger charge is -2.18. The van der Waals surface area contributed by atoms with Gasteiger partial charge in [0.15, 0.2) is 5.11 Å². The van der Waals surface area contributed by atoms with Crippen molar-refractivity contribution >= 4 is 57.1 Å². The van der Waals surface area contributed by atoms with Gasteiger partial charge in [0.25, 0.3) is 11.8 Å². The number of amides is 2. The normalized spacial score (nSPS) is 15.8. The Morgan fingerprint density at radius 2 is 2.08 bits per heavy atom. The van der Waals surface area contributed by atoms with E-state index < -0.39 is 11.8 Å². The number of nitrogens with two attached hydrogens (primary N) is 1. The molecule has 0 unspecified atom stereocenters. The Hall–Kier alpha value is -1.96. The molecule has 0 saturated heterocycles. The number of thiophene rings is 1. The fourth-order valence-electron chi connectivity index (χ4n) is 3.05. The van der Waals surface area contributed by atoms with Crippen LogP contribution in [0.15, 0.2) is 24.3 Å². The highest BCUT2D eigenvalue weighted by Crippen LogP contribution is 2.39. The van der Waals surface area contributed by atoms with Crippen molar-refractivity contribution in [3.05, 3.63) is 50.9 Å². The van der Waals surface area contributed by atoms with Gasteiger partial charge in [-0.15, -0.1) is 11.3 Å². The van der Waals surface area contributed by atoms with Crippen LogP contribution in [0, 0.1) is 5.92 Å². The lowest BCUT2D eigenvalue weighted by atomic mass is 9.88. The van der Waals surface area contributed by atoms with Crippen molar-refractivity contribution < 1.29 is 9.59 Å². The molecule has 4 N–H and O–H groups in total. The highest BCUT2D eigenvalue weighted by Gasteiger charge is 2.27. The third-order valence-electron chi connectivity index (χ3n) is 4.33. The summed E-state index contributed by atoms with van der Waals surface area (Å²) in [5.41, 5.74) is 7.39. The number of primary amides is 1. The van der Waals surface area contributed by atoms with E-state index in [9.17, 15) is 9.59 Å². The molecule has 1 atom stereocenters. The summed E-state index contributed by atoms with van der Waals surface area (Å²) >= 11 is 12.7. The Morgan fingerprint density at radius 1 is 1.35 bits per heavy atom. The Bertz CT molecular complexity index is 895. The predicted octanol–water partition coefficient (Wildman–Crippen LogP) is 3.75. The Balaban J connectivity index is 1.78. The number of hydrogen-bond acceptors (Lipinski definition) is 4. The van der Waals surface area contributed by atoms with E-state index in [-0.39, 0.29) is 5.11 Å². The number of fused-ring (bicyclic) bond motifs is 1. The molecular formula is C18H18ClN3O2S2. The Morgan fingerprint density at radius 3 is 2.77 bits per heavy atom. The molecule has 136 valence electrons. The van der Waals surface area contributed by atoms with E-state index in [2.05, 4.69) is 17.6 Å². The van der Waals surface area contributed by atoms with Gasteiger partial charge in [-0.1, -0.05) is 30.7 Å². The summed E-state index contributed by atoms with van der Waals surface area (Å²) in [6, 6.07) is 6.70. The topological polar surface area (TPSA) is 84.2 Å². The number of thiocarbonyl (C=S) groups is 1. The minimum atomic E-state index is -0.486. The first kappa shape index (κ1) is 18.8. The van der Waals surface area contributed by atoms with Gasteiger partial charge in [-0.25, -0.2) is 0 Å². The number of benzene rings is 1. The maximum Gasteiger partial charge on any atom is 0.258 e. The SMILES string of the molecule is C[C@@H]1CCc2c(sc(NC(=S)NC(=O)c3ccccc3Cl)c2C(N)=O)C1. The van der Waals surface area contributed by atoms with Crippen LogP contribution in [0.25, 0.3) is 0 Å². The number of carbonyl (C=O) groups is 2. The Labute approximate surface area is 165 Å². The zero-order chi connectivity index (χ0) is 18.8. The molecule has 1 aliphatic rings. The van der Waals surface area contributed by atoms with Crippen LogP contribution in [-0.2, 0) is 12.8 Å². The van der Waals surface area contributed by atoms with Crippen molar-refractivity contribution in [1.29, 1.82) is 0 Å². The van der Waals surface area contributed by atoms with Gasteiger partial charge in [0.1, 0.15) is 5.00 Å². The molecule has 2 amide bonds. The van der Waals surface area contributed by atoms with Crippen molar-refractivity contribution in [2.45, 2.75) is 26.2 Å². The predicted molar refractivity (Wildman–Crippen MR) is 109 cm³/mol. The summed E-state index contributed by atoms with van der Waals surface area (Å²) in [5, 5.41) is 6.57. The molecule has 2 aromatic rings. The number of rotatable bonds is 3. The standard InChI is InChI=1S/C18H18ClN3O2S2/c1-9-6-7-11-13(8-9)26-17(14(11)15(20)23)22-18(25)21-16(24)10-4-2-3-5-12(10)19/h2-5,9H,6-8H2,1H3,(H2,20,23)(H2,21,22,24,25)/t9-/m1/s1. The summed E-state index contributed by atoms with van der Waals surface area (Å²) in [5.74, 6) is -0.329. The quantitative estimate of drug-likeness (QED) is 0.676. The van der Waals surface area contributed by atoms with Crippen LogP contribution in [0.3, 0.4) is 0 Å². The number of nitrogens with one attached hydrogen (secondary N) is 2. The molecule has 26 heavy (non-hydrogen) atoms. The van der Waals surface area contributed by atoms with Gasteiger partial charge in [0.05, 0.1) is 16.1 Å². The minimum Gasteiger partial charge on any atom is -0.365 e. The van der Waals surface area contributed by atoms with Crippen molar-refractivity contribution in [2.75, 3.05) is 5.32 Å². The van der Waals surface area contributed by atoms with Crippen molar-refractivity contribution in [3.63, 3.8) is 0 Å². The van der Waals surface area contributed by atoms with E-state index in [1.807, 2.05) is 0 Å². The molecule has 8 heteroatoms. The molecule has 1 heterocycles. The molecule has 0 saturated carbocycles. The summed E-state index contributed by atoms with van der Waals surface area (Å²) in [7, 11) is 0. The monoisotopic (exact) mass is 407 g/mol. The highest BCUT2D eigenvalue weighted by atomic mass is 35.5. The minimum absolute atomic E-state index is 0.101. The highest BCUT2D eigenvalue weighted by molar-refractivity contribution is 7.80. The molecule has 5 nitrogen and oxygen atoms in total. The van der Waals surface area contributed by atoms with Crippen LogP contribution in [0.1, 0.15) is 44.5 Å². The van der Waals surface area contributed by atoms with Crippen LogP contribution in [0.2, 0.25) is 5.02 Å². The summed E-state index contributed by atoms with van der Waals surface area (Å²) < 4.78 is 0. The van der Waals surface area contributed by atoms with Gasteiger partial charge in [-0.2, -0.15) is 0 Å². The molecule has 0 aliphatic heterocycles. The van der Waals surface area contributed by atoms with E-state index in [0.29, 0.717) is 27.1 Å². The lowest BCUT2D eigenvalue weighted by molar-refractivity contribution is 0.0975. The third-order valence-corrected chi connectivity index (χ3v) is 6.03. The van der Waals surface area contributed by atoms with Gasteiger partial charge < -0.3 is 11.1 Å². The van der Waals surface area contributed by atoms with Crippen molar-refractivity contribution in [2.24, 2.45) is 11.7 Å².